The average molecular weight is 405 g/mol. The van der Waals surface area contributed by atoms with Gasteiger partial charge in [0, 0.05) is 60.8 Å². The number of alkyl halides is 3. The third kappa shape index (κ3) is 3.80. The molecule has 0 radical (unpaired) electrons. The Labute approximate surface area is 168 Å². The second kappa shape index (κ2) is 7.52. The van der Waals surface area contributed by atoms with Gasteiger partial charge in [-0.25, -0.2) is 0 Å². The van der Waals surface area contributed by atoms with Gasteiger partial charge in [0.25, 0.3) is 5.91 Å². The van der Waals surface area contributed by atoms with Crippen LogP contribution in [-0.2, 0) is 0 Å². The Hall–Kier alpha value is -2.28. The van der Waals surface area contributed by atoms with Gasteiger partial charge in [0.05, 0.1) is 12.1 Å². The number of nitrogens with zero attached hydrogens (tertiary/aromatic N) is 3. The highest BCUT2D eigenvalue weighted by atomic mass is 19.4. The van der Waals surface area contributed by atoms with Gasteiger partial charge in [-0.15, -0.1) is 0 Å². The molecule has 29 heavy (non-hydrogen) atoms. The number of anilines is 2. The summed E-state index contributed by atoms with van der Waals surface area (Å²) in [5.41, 5.74) is 2.15. The molecule has 0 aromatic heterocycles. The Kier molecular flexibility index (Phi) is 5.19. The van der Waals surface area contributed by atoms with Crippen molar-refractivity contribution in [2.75, 3.05) is 42.5 Å². The quantitative estimate of drug-likeness (QED) is 0.740. The summed E-state index contributed by atoms with van der Waals surface area (Å²) >= 11 is 0. The van der Waals surface area contributed by atoms with Gasteiger partial charge >= 0.3 is 6.18 Å². The number of hydrogen-bond donors (Lipinski definition) is 0. The van der Waals surface area contributed by atoms with Gasteiger partial charge in [0.15, 0.2) is 0 Å². The molecule has 4 nitrogen and oxygen atoms in total. The molecular weight excluding hydrogens is 379 g/mol. The molecule has 2 aliphatic heterocycles. The van der Waals surface area contributed by atoms with Gasteiger partial charge in [-0.1, -0.05) is 12.1 Å². The molecule has 4 rings (SSSR count). The van der Waals surface area contributed by atoms with Gasteiger partial charge in [-0.05, 0) is 38.5 Å². The molecule has 1 amide bonds. The van der Waals surface area contributed by atoms with E-state index in [1.807, 2.05) is 24.3 Å². The smallest absolute Gasteiger partial charge is 0.370 e. The molecule has 0 bridgehead atoms. The van der Waals surface area contributed by atoms with Crippen molar-refractivity contribution in [3.8, 4) is 0 Å². The lowest BCUT2D eigenvalue weighted by molar-refractivity contribution is -0.132. The van der Waals surface area contributed by atoms with Crippen LogP contribution in [0.15, 0.2) is 30.3 Å². The van der Waals surface area contributed by atoms with E-state index in [1.54, 1.807) is 6.07 Å². The van der Waals surface area contributed by atoms with Gasteiger partial charge in [-0.3, -0.25) is 9.69 Å². The Morgan fingerprint density at radius 2 is 1.76 bits per heavy atom. The topological polar surface area (TPSA) is 26.8 Å². The van der Waals surface area contributed by atoms with Crippen LogP contribution < -0.4 is 9.80 Å². The highest BCUT2D eigenvalue weighted by molar-refractivity contribution is 6.26. The molecule has 2 heterocycles. The molecule has 0 aliphatic carbocycles. The van der Waals surface area contributed by atoms with Crippen molar-refractivity contribution in [1.29, 1.82) is 0 Å². The third-order valence-electron chi connectivity index (χ3n) is 5.98. The van der Waals surface area contributed by atoms with Gasteiger partial charge < -0.3 is 9.80 Å². The third-order valence-corrected chi connectivity index (χ3v) is 5.98. The minimum atomic E-state index is -4.29. The first-order valence-electron chi connectivity index (χ1n) is 10.2. The molecule has 156 valence electrons. The molecule has 7 heteroatoms. The fraction of sp³-hybridized carbons (Fsp3) is 0.500. The highest BCUT2D eigenvalue weighted by Crippen LogP contribution is 2.42. The van der Waals surface area contributed by atoms with Crippen LogP contribution in [-0.4, -0.2) is 55.7 Å². The van der Waals surface area contributed by atoms with Crippen LogP contribution >= 0.6 is 0 Å². The second-order valence-electron chi connectivity index (χ2n) is 8.12. The van der Waals surface area contributed by atoms with E-state index >= 15 is 0 Å². The average Bonchev–Trinajstić information content (AvgIpc) is 2.83. The van der Waals surface area contributed by atoms with Crippen molar-refractivity contribution >= 4 is 28.1 Å². The monoisotopic (exact) mass is 405 g/mol. The number of carbonyl (C=O) groups excluding carboxylic acids is 1. The van der Waals surface area contributed by atoms with Crippen LogP contribution in [0.3, 0.4) is 0 Å². The van der Waals surface area contributed by atoms with Crippen LogP contribution in [0.5, 0.6) is 0 Å². The van der Waals surface area contributed by atoms with Crippen LogP contribution in [0, 0.1) is 0 Å². The SMILES string of the molecule is CC(C)N1CCCN(c2ccc3c4c(cccc24)C(=O)N3CCC(F)(F)F)CC1. The van der Waals surface area contributed by atoms with Crippen LogP contribution in [0.2, 0.25) is 0 Å². The number of amides is 1. The van der Waals surface area contributed by atoms with Gasteiger partial charge in [-0.2, -0.15) is 13.2 Å². The maximum absolute atomic E-state index is 12.8. The Bertz CT molecular complexity index is 925. The second-order valence-corrected chi connectivity index (χ2v) is 8.12. The first kappa shape index (κ1) is 20.0. The van der Waals surface area contributed by atoms with Crippen molar-refractivity contribution in [2.45, 2.75) is 38.9 Å². The van der Waals surface area contributed by atoms with Crippen molar-refractivity contribution in [2.24, 2.45) is 0 Å². The van der Waals surface area contributed by atoms with Crippen LogP contribution in [0.25, 0.3) is 10.8 Å². The maximum Gasteiger partial charge on any atom is 0.390 e. The fourth-order valence-electron chi connectivity index (χ4n) is 4.46. The van der Waals surface area contributed by atoms with E-state index in [0.29, 0.717) is 17.3 Å². The van der Waals surface area contributed by atoms with Gasteiger partial charge in [0.2, 0.25) is 0 Å². The normalized spacial score (nSPS) is 18.2. The lowest BCUT2D eigenvalue weighted by Crippen LogP contribution is -2.35. The summed E-state index contributed by atoms with van der Waals surface area (Å²) in [6.07, 6.45) is -4.24. The van der Waals surface area contributed by atoms with Crippen molar-refractivity contribution in [3.63, 3.8) is 0 Å². The van der Waals surface area contributed by atoms with E-state index in [9.17, 15) is 18.0 Å². The minimum absolute atomic E-state index is 0.339. The van der Waals surface area contributed by atoms with E-state index in [1.165, 1.54) is 4.90 Å². The summed E-state index contributed by atoms with van der Waals surface area (Å²) < 4.78 is 38.2. The molecule has 2 aliphatic rings. The zero-order valence-corrected chi connectivity index (χ0v) is 16.8. The maximum atomic E-state index is 12.8. The lowest BCUT2D eigenvalue weighted by atomic mass is 10.0. The molecule has 2 aromatic rings. The summed E-state index contributed by atoms with van der Waals surface area (Å²) in [6.45, 7) is 7.90. The van der Waals surface area contributed by atoms with E-state index < -0.39 is 12.6 Å². The summed E-state index contributed by atoms with van der Waals surface area (Å²) in [5, 5.41) is 1.72. The van der Waals surface area contributed by atoms with E-state index in [0.717, 1.165) is 49.1 Å². The number of carbonyl (C=O) groups is 1. The molecule has 1 fully saturated rings. The van der Waals surface area contributed by atoms with Gasteiger partial charge in [0.1, 0.15) is 0 Å². The van der Waals surface area contributed by atoms with Crippen LogP contribution in [0.1, 0.15) is 37.0 Å². The standard InChI is InChI=1S/C22H26F3N3O/c1-15(2)26-10-4-11-27(14-13-26)18-7-8-19-20-16(18)5-3-6-17(20)21(29)28(19)12-9-22(23,24)25/h3,5-8,15H,4,9-14H2,1-2H3. The zero-order chi connectivity index (χ0) is 20.8. The molecule has 0 saturated carbocycles. The van der Waals surface area contributed by atoms with Crippen molar-refractivity contribution in [1.82, 2.24) is 4.90 Å². The first-order chi connectivity index (χ1) is 13.8. The largest absolute Gasteiger partial charge is 0.390 e. The Morgan fingerprint density at radius 3 is 2.48 bits per heavy atom. The highest BCUT2D eigenvalue weighted by Gasteiger charge is 2.35. The molecule has 1 saturated heterocycles. The first-order valence-corrected chi connectivity index (χ1v) is 10.2. The molecule has 0 spiro atoms. The number of rotatable bonds is 4. The van der Waals surface area contributed by atoms with E-state index in [4.69, 9.17) is 0 Å². The van der Waals surface area contributed by atoms with E-state index in [2.05, 4.69) is 23.6 Å². The summed E-state index contributed by atoms with van der Waals surface area (Å²) in [4.78, 5) is 18.9. The summed E-state index contributed by atoms with van der Waals surface area (Å²) in [6, 6.07) is 9.80. The van der Waals surface area contributed by atoms with E-state index in [-0.39, 0.29) is 12.5 Å². The van der Waals surface area contributed by atoms with Crippen LogP contribution in [0.4, 0.5) is 24.5 Å². The predicted octanol–water partition coefficient (Wildman–Crippen LogP) is 4.67. The Morgan fingerprint density at radius 1 is 1.00 bits per heavy atom. The summed E-state index contributed by atoms with van der Waals surface area (Å²) in [7, 11) is 0. The zero-order valence-electron chi connectivity index (χ0n) is 16.8. The molecule has 0 atom stereocenters. The predicted molar refractivity (Wildman–Crippen MR) is 110 cm³/mol. The van der Waals surface area contributed by atoms with Crippen molar-refractivity contribution in [3.05, 3.63) is 35.9 Å². The Balaban J connectivity index is 1.68. The molecule has 2 aromatic carbocycles. The summed E-state index contributed by atoms with van der Waals surface area (Å²) in [5.74, 6) is -0.339. The minimum Gasteiger partial charge on any atom is -0.370 e. The number of hydrogen-bond acceptors (Lipinski definition) is 3. The van der Waals surface area contributed by atoms with Crippen molar-refractivity contribution < 1.29 is 18.0 Å². The molecular formula is C22H26F3N3O. The fourth-order valence-corrected chi connectivity index (χ4v) is 4.46. The molecule has 0 unspecified atom stereocenters. The molecule has 0 N–H and O–H groups in total. The lowest BCUT2D eigenvalue weighted by Gasteiger charge is -2.27. The number of benzene rings is 2. The number of halogens is 3.